The Morgan fingerprint density at radius 1 is 1.22 bits per heavy atom. The van der Waals surface area contributed by atoms with Gasteiger partial charge in [-0.3, -0.25) is 9.69 Å². The van der Waals surface area contributed by atoms with Crippen LogP contribution in [0.15, 0.2) is 30.3 Å². The van der Waals surface area contributed by atoms with E-state index in [4.69, 9.17) is 14.2 Å². The molecule has 194 valence electrons. The summed E-state index contributed by atoms with van der Waals surface area (Å²) in [4.78, 5) is 29.6. The van der Waals surface area contributed by atoms with E-state index in [1.54, 1.807) is 19.2 Å². The van der Waals surface area contributed by atoms with Crippen LogP contribution in [0.2, 0.25) is 0 Å². The van der Waals surface area contributed by atoms with Crippen molar-refractivity contribution in [2.45, 2.75) is 75.9 Å². The maximum Gasteiger partial charge on any atom is 0.338 e. The molecule has 4 unspecified atom stereocenters. The van der Waals surface area contributed by atoms with Gasteiger partial charge in [-0.2, -0.15) is 0 Å². The summed E-state index contributed by atoms with van der Waals surface area (Å²) >= 11 is 0. The molecular formula is C29H37NO6. The number of esters is 2. The molecule has 3 heterocycles. The van der Waals surface area contributed by atoms with Crippen LogP contribution in [0.4, 0.5) is 0 Å². The molecule has 1 aromatic rings. The van der Waals surface area contributed by atoms with Crippen molar-refractivity contribution >= 4 is 11.9 Å². The lowest BCUT2D eigenvalue weighted by molar-refractivity contribution is -0.269. The summed E-state index contributed by atoms with van der Waals surface area (Å²) < 4.78 is 18.7. The smallest absolute Gasteiger partial charge is 0.338 e. The van der Waals surface area contributed by atoms with E-state index in [0.29, 0.717) is 18.4 Å². The van der Waals surface area contributed by atoms with Gasteiger partial charge in [-0.05, 0) is 62.1 Å². The predicted octanol–water partition coefficient (Wildman–Crippen LogP) is 3.05. The Kier molecular flexibility index (Phi) is 4.86. The maximum absolute atomic E-state index is 13.5. The molecule has 0 amide bonds. The zero-order valence-corrected chi connectivity index (χ0v) is 21.4. The SMILES string of the molecule is CCN1C[C@]2(C)CC[C@H](OC)[C@@]34C5C[C@@H]6CC[C@@](O)(C5C(=O)O6)C([C@@H](OC(=O)c5ccccc5)C23)[C@H]14. The second-order valence-electron chi connectivity index (χ2n) is 12.6. The van der Waals surface area contributed by atoms with Crippen molar-refractivity contribution in [1.29, 1.82) is 0 Å². The Morgan fingerprint density at radius 2 is 2.00 bits per heavy atom. The number of nitrogens with zero attached hydrogens (tertiary/aromatic N) is 1. The van der Waals surface area contributed by atoms with Crippen molar-refractivity contribution in [2.24, 2.45) is 34.5 Å². The number of piperidine rings is 1. The summed E-state index contributed by atoms with van der Waals surface area (Å²) in [6, 6.07) is 9.13. The first-order chi connectivity index (χ1) is 17.3. The molecule has 1 N–H and O–H groups in total. The molecule has 7 aliphatic rings. The number of hydrogen-bond acceptors (Lipinski definition) is 7. The number of carbonyl (C=O) groups is 2. The van der Waals surface area contributed by atoms with E-state index in [0.717, 1.165) is 32.4 Å². The van der Waals surface area contributed by atoms with Gasteiger partial charge in [0.05, 0.1) is 23.2 Å². The van der Waals surface area contributed by atoms with E-state index in [1.165, 1.54) is 0 Å². The summed E-state index contributed by atoms with van der Waals surface area (Å²) in [6.45, 7) is 6.29. The van der Waals surface area contributed by atoms with Crippen molar-refractivity contribution in [3.63, 3.8) is 0 Å². The van der Waals surface area contributed by atoms with Crippen LogP contribution in [0.5, 0.6) is 0 Å². The molecule has 11 atom stereocenters. The quantitative estimate of drug-likeness (QED) is 0.643. The van der Waals surface area contributed by atoms with Crippen molar-refractivity contribution in [1.82, 2.24) is 4.90 Å². The van der Waals surface area contributed by atoms with Gasteiger partial charge < -0.3 is 19.3 Å². The molecule has 4 aliphatic carbocycles. The molecule has 3 saturated heterocycles. The number of ether oxygens (including phenoxy) is 3. The van der Waals surface area contributed by atoms with E-state index in [2.05, 4.69) is 18.7 Å². The maximum atomic E-state index is 13.5. The highest BCUT2D eigenvalue weighted by molar-refractivity contribution is 5.89. The highest BCUT2D eigenvalue weighted by Crippen LogP contribution is 2.77. The number of hydrogen-bond donors (Lipinski definition) is 1. The molecule has 4 saturated carbocycles. The minimum atomic E-state index is -1.27. The molecule has 0 radical (unpaired) electrons. The molecule has 7 heteroatoms. The first kappa shape index (κ1) is 23.2. The van der Waals surface area contributed by atoms with Gasteiger partial charge in [0, 0.05) is 36.9 Å². The van der Waals surface area contributed by atoms with Crippen LogP contribution in [0.25, 0.3) is 0 Å². The first-order valence-electron chi connectivity index (χ1n) is 13.8. The van der Waals surface area contributed by atoms with Gasteiger partial charge >= 0.3 is 11.9 Å². The lowest BCUT2D eigenvalue weighted by Gasteiger charge is -2.69. The number of carbonyl (C=O) groups excluding carboxylic acids is 2. The fraction of sp³-hybridized carbons (Fsp3) is 0.724. The van der Waals surface area contributed by atoms with Crippen LogP contribution >= 0.6 is 0 Å². The standard InChI is InChI=1S/C29H37NO6/c1-4-30-15-27(2)12-11-19(34-3)29-18-14-17-10-13-28(33,20(18)26(32)35-17)21(24(29)30)22(23(27)29)36-25(31)16-8-6-5-7-9-16/h5-9,17-24,33H,4,10-15H2,1-3H3/t17-,18?,19-,20?,21?,22+,23?,24-,27-,28+,29-/m0/s1. The van der Waals surface area contributed by atoms with Gasteiger partial charge in [0.1, 0.15) is 12.2 Å². The fourth-order valence-corrected chi connectivity index (χ4v) is 10.5. The Morgan fingerprint density at radius 3 is 2.72 bits per heavy atom. The van der Waals surface area contributed by atoms with Crippen LogP contribution in [0.3, 0.4) is 0 Å². The van der Waals surface area contributed by atoms with Crippen molar-refractivity contribution < 1.29 is 28.9 Å². The molecule has 8 rings (SSSR count). The van der Waals surface area contributed by atoms with E-state index in [-0.39, 0.29) is 58.8 Å². The third kappa shape index (κ3) is 2.60. The highest BCUT2D eigenvalue weighted by Gasteiger charge is 2.85. The largest absolute Gasteiger partial charge is 0.462 e. The van der Waals surface area contributed by atoms with Gasteiger partial charge in [0.25, 0.3) is 0 Å². The van der Waals surface area contributed by atoms with Crippen molar-refractivity contribution in [3.8, 4) is 0 Å². The number of rotatable bonds is 4. The number of aliphatic hydroxyl groups is 1. The summed E-state index contributed by atoms with van der Waals surface area (Å²) in [5, 5.41) is 12.6. The molecule has 9 bridgehead atoms. The predicted molar refractivity (Wildman–Crippen MR) is 130 cm³/mol. The Hall–Kier alpha value is -1.96. The number of methoxy groups -OCH3 is 1. The molecular weight excluding hydrogens is 458 g/mol. The third-order valence-corrected chi connectivity index (χ3v) is 11.3. The Bertz CT molecular complexity index is 1090. The van der Waals surface area contributed by atoms with Crippen LogP contribution in [0, 0.1) is 34.5 Å². The summed E-state index contributed by atoms with van der Waals surface area (Å²) in [6.07, 6.45) is 3.10. The molecule has 36 heavy (non-hydrogen) atoms. The average molecular weight is 496 g/mol. The zero-order chi connectivity index (χ0) is 25.0. The minimum Gasteiger partial charge on any atom is -0.462 e. The topological polar surface area (TPSA) is 85.3 Å². The Balaban J connectivity index is 1.46. The summed E-state index contributed by atoms with van der Waals surface area (Å²) in [5.74, 6) is -1.62. The second kappa shape index (κ2) is 7.55. The summed E-state index contributed by atoms with van der Waals surface area (Å²) in [5.41, 5.74) is -1.23. The van der Waals surface area contributed by atoms with Gasteiger partial charge in [0.15, 0.2) is 0 Å². The fourth-order valence-electron chi connectivity index (χ4n) is 10.5. The van der Waals surface area contributed by atoms with Crippen LogP contribution in [-0.2, 0) is 19.0 Å². The second-order valence-corrected chi connectivity index (χ2v) is 12.6. The van der Waals surface area contributed by atoms with Crippen LogP contribution < -0.4 is 0 Å². The summed E-state index contributed by atoms with van der Waals surface area (Å²) in [7, 11) is 1.79. The molecule has 1 spiro atoms. The molecule has 3 aliphatic heterocycles. The number of likely N-dealkylation sites (tertiary alicyclic amines) is 1. The third-order valence-electron chi connectivity index (χ3n) is 11.3. The van der Waals surface area contributed by atoms with Crippen LogP contribution in [0.1, 0.15) is 56.3 Å². The highest BCUT2D eigenvalue weighted by atomic mass is 16.6. The van der Waals surface area contributed by atoms with Crippen molar-refractivity contribution in [2.75, 3.05) is 20.2 Å². The number of fused-ring (bicyclic) bond motifs is 2. The average Bonchev–Trinajstić information content (AvgIpc) is 2.92. The number of benzene rings is 1. The van der Waals surface area contributed by atoms with Crippen molar-refractivity contribution in [3.05, 3.63) is 35.9 Å². The molecule has 7 nitrogen and oxygen atoms in total. The van der Waals surface area contributed by atoms with E-state index in [1.807, 2.05) is 18.2 Å². The lowest BCUT2D eigenvalue weighted by Crippen LogP contribution is -2.76. The van der Waals surface area contributed by atoms with E-state index < -0.39 is 17.6 Å². The van der Waals surface area contributed by atoms with E-state index in [9.17, 15) is 14.7 Å². The molecule has 1 aromatic carbocycles. The van der Waals surface area contributed by atoms with Gasteiger partial charge in [-0.25, -0.2) is 4.79 Å². The molecule has 7 fully saturated rings. The van der Waals surface area contributed by atoms with Gasteiger partial charge in [0.2, 0.25) is 0 Å². The van der Waals surface area contributed by atoms with Gasteiger partial charge in [-0.15, -0.1) is 0 Å². The first-order valence-corrected chi connectivity index (χ1v) is 13.8. The normalized spacial score (nSPS) is 50.4. The van der Waals surface area contributed by atoms with Crippen LogP contribution in [-0.4, -0.2) is 72.1 Å². The minimum absolute atomic E-state index is 0.00435. The van der Waals surface area contributed by atoms with E-state index >= 15 is 0 Å². The monoisotopic (exact) mass is 495 g/mol. The lowest BCUT2D eigenvalue weighted by atomic mass is 9.42. The molecule has 0 aromatic heterocycles. The van der Waals surface area contributed by atoms with Gasteiger partial charge in [-0.1, -0.05) is 32.0 Å². The Labute approximate surface area is 212 Å². The zero-order valence-electron chi connectivity index (χ0n) is 21.4.